The summed E-state index contributed by atoms with van der Waals surface area (Å²) < 4.78 is 16.3. The van der Waals surface area contributed by atoms with Gasteiger partial charge in [0.15, 0.2) is 11.5 Å². The molecule has 4 rings (SSSR count). The van der Waals surface area contributed by atoms with E-state index in [9.17, 15) is 14.7 Å². The molecule has 1 amide bonds. The van der Waals surface area contributed by atoms with Gasteiger partial charge in [0.1, 0.15) is 11.5 Å². The smallest absolute Gasteiger partial charge is 0.295 e. The number of rotatable bonds is 8. The summed E-state index contributed by atoms with van der Waals surface area (Å²) in [6.45, 7) is 4.04. The first-order valence-electron chi connectivity index (χ1n) is 12.0. The van der Waals surface area contributed by atoms with E-state index in [1.54, 1.807) is 20.3 Å². The number of amides is 1. The number of carbonyl (C=O) groups excluding carboxylic acids is 2. The summed E-state index contributed by atoms with van der Waals surface area (Å²) in [5.74, 6) is 0.0389. The number of methoxy groups -OCH3 is 3. The zero-order valence-electron chi connectivity index (χ0n) is 21.7. The van der Waals surface area contributed by atoms with Crippen molar-refractivity contribution in [3.05, 3.63) is 94.1 Å². The number of likely N-dealkylation sites (tertiary alicyclic amines) is 1. The van der Waals surface area contributed by atoms with Gasteiger partial charge < -0.3 is 24.2 Å². The SMILES string of the molecule is COc1ccc(CCN2C(=O)C(=O)/C(=C(/O)c3cc(C)cc(C)c3OC)C2c2ccccc2)cc1OC. The Bertz CT molecular complexity index is 1360. The minimum atomic E-state index is -0.744. The lowest BCUT2D eigenvalue weighted by Gasteiger charge is -2.25. The maximum Gasteiger partial charge on any atom is 0.295 e. The van der Waals surface area contributed by atoms with Gasteiger partial charge in [-0.25, -0.2) is 0 Å². The molecule has 0 aliphatic carbocycles. The van der Waals surface area contributed by atoms with Crippen LogP contribution in [0.1, 0.15) is 33.9 Å². The fourth-order valence-corrected chi connectivity index (χ4v) is 4.92. The average molecular weight is 502 g/mol. The third-order valence-electron chi connectivity index (χ3n) is 6.62. The predicted molar refractivity (Wildman–Crippen MR) is 141 cm³/mol. The summed E-state index contributed by atoms with van der Waals surface area (Å²) >= 11 is 0. The molecule has 1 atom stereocenters. The van der Waals surface area contributed by atoms with Crippen molar-refractivity contribution in [2.45, 2.75) is 26.3 Å². The lowest BCUT2D eigenvalue weighted by Crippen LogP contribution is -2.31. The number of carbonyl (C=O) groups is 2. The van der Waals surface area contributed by atoms with Crippen LogP contribution in [0.5, 0.6) is 17.2 Å². The van der Waals surface area contributed by atoms with Crippen molar-refractivity contribution in [3.63, 3.8) is 0 Å². The molecular formula is C30H31NO6. The number of nitrogens with zero attached hydrogens (tertiary/aromatic N) is 1. The Labute approximate surface area is 216 Å². The summed E-state index contributed by atoms with van der Waals surface area (Å²) in [7, 11) is 4.66. The Balaban J connectivity index is 1.79. The van der Waals surface area contributed by atoms with Gasteiger partial charge in [-0.05, 0) is 60.7 Å². The second-order valence-corrected chi connectivity index (χ2v) is 9.01. The van der Waals surface area contributed by atoms with E-state index in [1.807, 2.05) is 68.4 Å². The number of hydrogen-bond donors (Lipinski definition) is 1. The molecule has 7 heteroatoms. The first kappa shape index (κ1) is 25.8. The van der Waals surface area contributed by atoms with E-state index < -0.39 is 17.7 Å². The molecule has 1 unspecified atom stereocenters. The van der Waals surface area contributed by atoms with Crippen molar-refractivity contribution in [1.82, 2.24) is 4.90 Å². The third-order valence-corrected chi connectivity index (χ3v) is 6.62. The van der Waals surface area contributed by atoms with Gasteiger partial charge in [-0.15, -0.1) is 0 Å². The van der Waals surface area contributed by atoms with E-state index in [-0.39, 0.29) is 17.9 Å². The highest BCUT2D eigenvalue weighted by molar-refractivity contribution is 6.46. The number of aliphatic hydroxyl groups excluding tert-OH is 1. The lowest BCUT2D eigenvalue weighted by atomic mass is 9.93. The van der Waals surface area contributed by atoms with E-state index in [0.29, 0.717) is 29.2 Å². The normalized spacial score (nSPS) is 16.7. The molecule has 1 N–H and O–H groups in total. The second-order valence-electron chi connectivity index (χ2n) is 9.01. The number of aryl methyl sites for hydroxylation is 2. The second kappa shape index (κ2) is 10.8. The maximum absolute atomic E-state index is 13.4. The van der Waals surface area contributed by atoms with Crippen LogP contribution in [0.15, 0.2) is 66.2 Å². The van der Waals surface area contributed by atoms with Crippen molar-refractivity contribution in [2.75, 3.05) is 27.9 Å². The summed E-state index contributed by atoms with van der Waals surface area (Å²) in [5, 5.41) is 11.5. The summed E-state index contributed by atoms with van der Waals surface area (Å²) in [6.07, 6.45) is 0.476. The number of Topliss-reactive ketones (excluding diaryl/α,β-unsaturated/α-hetero) is 1. The first-order chi connectivity index (χ1) is 17.8. The highest BCUT2D eigenvalue weighted by Gasteiger charge is 2.46. The molecule has 0 bridgehead atoms. The summed E-state index contributed by atoms with van der Waals surface area (Å²) in [6, 6.07) is 17.8. The van der Waals surface area contributed by atoms with Crippen molar-refractivity contribution >= 4 is 17.4 Å². The van der Waals surface area contributed by atoms with Crippen LogP contribution in [0.25, 0.3) is 5.76 Å². The molecule has 3 aromatic rings. The van der Waals surface area contributed by atoms with Gasteiger partial charge in [-0.2, -0.15) is 0 Å². The molecule has 1 heterocycles. The summed E-state index contributed by atoms with van der Waals surface area (Å²) in [5.41, 5.74) is 3.81. The van der Waals surface area contributed by atoms with Crippen LogP contribution in [-0.2, 0) is 16.0 Å². The standard InChI is InChI=1S/C30H31NO6/c1-18-15-19(2)29(37-5)22(16-18)27(32)25-26(21-9-7-6-8-10-21)31(30(34)28(25)33)14-13-20-11-12-23(35-3)24(17-20)36-4/h6-12,15-17,26,32H,13-14H2,1-5H3/b27-25+. The number of hydrogen-bond acceptors (Lipinski definition) is 6. The highest BCUT2D eigenvalue weighted by Crippen LogP contribution is 2.42. The molecule has 7 nitrogen and oxygen atoms in total. The Morgan fingerprint density at radius 3 is 2.24 bits per heavy atom. The fraction of sp³-hybridized carbons (Fsp3) is 0.267. The predicted octanol–water partition coefficient (Wildman–Crippen LogP) is 4.99. The number of benzene rings is 3. The zero-order chi connectivity index (χ0) is 26.7. The average Bonchev–Trinajstić information content (AvgIpc) is 3.16. The molecule has 37 heavy (non-hydrogen) atoms. The number of ketones is 1. The van der Waals surface area contributed by atoms with Crippen LogP contribution < -0.4 is 14.2 Å². The Morgan fingerprint density at radius 2 is 1.59 bits per heavy atom. The van der Waals surface area contributed by atoms with Gasteiger partial charge in [0, 0.05) is 6.54 Å². The molecular weight excluding hydrogens is 470 g/mol. The molecule has 0 spiro atoms. The molecule has 1 aliphatic rings. The topological polar surface area (TPSA) is 85.3 Å². The Hall–Kier alpha value is -4.26. The Morgan fingerprint density at radius 1 is 0.892 bits per heavy atom. The van der Waals surface area contributed by atoms with Crippen molar-refractivity contribution < 1.29 is 28.9 Å². The molecule has 0 saturated carbocycles. The van der Waals surface area contributed by atoms with Crippen LogP contribution in [0.4, 0.5) is 0 Å². The largest absolute Gasteiger partial charge is 0.507 e. The van der Waals surface area contributed by atoms with E-state index >= 15 is 0 Å². The lowest BCUT2D eigenvalue weighted by molar-refractivity contribution is -0.139. The zero-order valence-corrected chi connectivity index (χ0v) is 21.7. The van der Waals surface area contributed by atoms with E-state index in [0.717, 1.165) is 22.3 Å². The van der Waals surface area contributed by atoms with E-state index in [2.05, 4.69) is 0 Å². The van der Waals surface area contributed by atoms with Gasteiger partial charge in [0.25, 0.3) is 11.7 Å². The molecule has 192 valence electrons. The quantitative estimate of drug-likeness (QED) is 0.266. The van der Waals surface area contributed by atoms with Crippen LogP contribution in [0, 0.1) is 13.8 Å². The minimum absolute atomic E-state index is 0.0480. The summed E-state index contributed by atoms with van der Waals surface area (Å²) in [4.78, 5) is 28.2. The highest BCUT2D eigenvalue weighted by atomic mass is 16.5. The number of aliphatic hydroxyl groups is 1. The first-order valence-corrected chi connectivity index (χ1v) is 12.0. The van der Waals surface area contributed by atoms with Crippen LogP contribution in [0.3, 0.4) is 0 Å². The van der Waals surface area contributed by atoms with Gasteiger partial charge in [-0.3, -0.25) is 9.59 Å². The van der Waals surface area contributed by atoms with Crippen molar-refractivity contribution in [2.24, 2.45) is 0 Å². The molecule has 0 radical (unpaired) electrons. The van der Waals surface area contributed by atoms with Gasteiger partial charge in [-0.1, -0.05) is 42.5 Å². The van der Waals surface area contributed by atoms with E-state index in [4.69, 9.17) is 14.2 Å². The van der Waals surface area contributed by atoms with Crippen molar-refractivity contribution in [1.29, 1.82) is 0 Å². The van der Waals surface area contributed by atoms with Gasteiger partial charge >= 0.3 is 0 Å². The minimum Gasteiger partial charge on any atom is -0.507 e. The van der Waals surface area contributed by atoms with Gasteiger partial charge in [0.05, 0.1) is 38.5 Å². The monoisotopic (exact) mass is 501 g/mol. The third kappa shape index (κ3) is 4.89. The molecule has 1 aliphatic heterocycles. The number of ether oxygens (including phenoxy) is 3. The van der Waals surface area contributed by atoms with Crippen LogP contribution >= 0.6 is 0 Å². The Kier molecular flexibility index (Phi) is 7.53. The van der Waals surface area contributed by atoms with E-state index in [1.165, 1.54) is 12.0 Å². The molecule has 3 aromatic carbocycles. The maximum atomic E-state index is 13.4. The van der Waals surface area contributed by atoms with Gasteiger partial charge in [0.2, 0.25) is 0 Å². The van der Waals surface area contributed by atoms with Crippen molar-refractivity contribution in [3.8, 4) is 17.2 Å². The van der Waals surface area contributed by atoms with Crippen LogP contribution in [0.2, 0.25) is 0 Å². The molecule has 1 saturated heterocycles. The molecule has 1 fully saturated rings. The molecule has 0 aromatic heterocycles. The van der Waals surface area contributed by atoms with Crippen LogP contribution in [-0.4, -0.2) is 49.6 Å². The fourth-order valence-electron chi connectivity index (χ4n) is 4.92.